The Morgan fingerprint density at radius 3 is 2.44 bits per heavy atom. The number of nitrogens with one attached hydrogen (secondary N) is 1. The monoisotopic (exact) mass is 389 g/mol. The summed E-state index contributed by atoms with van der Waals surface area (Å²) in [6.07, 6.45) is 4.30. The standard InChI is InChI=1S/C19H27N5O2S/c1-16-5-6-18(17(2)15-16)27(25,26)22-9-4-10-23-11-13-24(14-12-23)19-20-7-3-8-21-19/h3,5-8,15,22H,4,9-14H2,1-2H3. The van der Waals surface area contributed by atoms with Gasteiger partial charge in [0.2, 0.25) is 16.0 Å². The fourth-order valence-corrected chi connectivity index (χ4v) is 4.61. The van der Waals surface area contributed by atoms with Gasteiger partial charge in [-0.05, 0) is 44.5 Å². The first kappa shape index (κ1) is 19.7. The Bertz CT molecular complexity index is 850. The van der Waals surface area contributed by atoms with E-state index in [1.54, 1.807) is 18.5 Å². The second-order valence-corrected chi connectivity index (χ2v) is 8.63. The predicted molar refractivity (Wildman–Crippen MR) is 106 cm³/mol. The number of piperazine rings is 1. The van der Waals surface area contributed by atoms with Crippen molar-refractivity contribution in [2.24, 2.45) is 0 Å². The van der Waals surface area contributed by atoms with Crippen LogP contribution in [0.25, 0.3) is 0 Å². The van der Waals surface area contributed by atoms with Crippen LogP contribution in [0.1, 0.15) is 17.5 Å². The third-order valence-electron chi connectivity index (χ3n) is 4.77. The van der Waals surface area contributed by atoms with E-state index in [4.69, 9.17) is 0 Å². The van der Waals surface area contributed by atoms with Gasteiger partial charge < -0.3 is 4.90 Å². The van der Waals surface area contributed by atoms with Crippen molar-refractivity contribution >= 4 is 16.0 Å². The lowest BCUT2D eigenvalue weighted by Gasteiger charge is -2.34. The van der Waals surface area contributed by atoms with Crippen LogP contribution in [0.2, 0.25) is 0 Å². The lowest BCUT2D eigenvalue weighted by Crippen LogP contribution is -2.47. The molecule has 0 amide bonds. The topological polar surface area (TPSA) is 78.4 Å². The van der Waals surface area contributed by atoms with Crippen LogP contribution in [0.3, 0.4) is 0 Å². The molecule has 3 rings (SSSR count). The number of sulfonamides is 1. The van der Waals surface area contributed by atoms with Gasteiger partial charge in [-0.15, -0.1) is 0 Å². The van der Waals surface area contributed by atoms with E-state index in [1.165, 1.54) is 0 Å². The molecule has 1 aromatic heterocycles. The van der Waals surface area contributed by atoms with E-state index >= 15 is 0 Å². The molecule has 1 aromatic carbocycles. The van der Waals surface area contributed by atoms with Gasteiger partial charge in [0.25, 0.3) is 0 Å². The van der Waals surface area contributed by atoms with Crippen LogP contribution in [-0.2, 0) is 10.0 Å². The minimum Gasteiger partial charge on any atom is -0.338 e. The van der Waals surface area contributed by atoms with Crippen molar-refractivity contribution in [3.63, 3.8) is 0 Å². The molecule has 2 aromatic rings. The summed E-state index contributed by atoms with van der Waals surface area (Å²) in [5.41, 5.74) is 1.84. The van der Waals surface area contributed by atoms with Gasteiger partial charge in [0.05, 0.1) is 4.90 Å². The van der Waals surface area contributed by atoms with Crippen LogP contribution in [0.4, 0.5) is 5.95 Å². The van der Waals surface area contributed by atoms with Gasteiger partial charge >= 0.3 is 0 Å². The van der Waals surface area contributed by atoms with E-state index in [0.717, 1.165) is 56.2 Å². The Morgan fingerprint density at radius 2 is 1.78 bits per heavy atom. The van der Waals surface area contributed by atoms with Gasteiger partial charge in [0, 0.05) is 45.1 Å². The zero-order valence-electron chi connectivity index (χ0n) is 15.9. The van der Waals surface area contributed by atoms with Crippen molar-refractivity contribution in [2.45, 2.75) is 25.2 Å². The summed E-state index contributed by atoms with van der Waals surface area (Å²) in [6, 6.07) is 7.22. The van der Waals surface area contributed by atoms with Crippen LogP contribution in [0.5, 0.6) is 0 Å². The maximum Gasteiger partial charge on any atom is 0.240 e. The summed E-state index contributed by atoms with van der Waals surface area (Å²) in [5, 5.41) is 0. The summed E-state index contributed by atoms with van der Waals surface area (Å²) in [5.74, 6) is 0.776. The molecule has 0 atom stereocenters. The third-order valence-corrected chi connectivity index (χ3v) is 6.39. The second kappa shape index (κ2) is 8.77. The van der Waals surface area contributed by atoms with Gasteiger partial charge in [0.15, 0.2) is 0 Å². The molecule has 0 aliphatic carbocycles. The molecule has 0 saturated carbocycles. The van der Waals surface area contributed by atoms with Crippen molar-refractivity contribution in [2.75, 3.05) is 44.2 Å². The molecule has 1 N–H and O–H groups in total. The van der Waals surface area contributed by atoms with Crippen LogP contribution in [0, 0.1) is 13.8 Å². The molecule has 146 valence electrons. The van der Waals surface area contributed by atoms with Gasteiger partial charge in [-0.3, -0.25) is 4.90 Å². The van der Waals surface area contributed by atoms with Crippen molar-refractivity contribution in [1.29, 1.82) is 0 Å². The molecular weight excluding hydrogens is 362 g/mol. The quantitative estimate of drug-likeness (QED) is 0.725. The highest BCUT2D eigenvalue weighted by Gasteiger charge is 2.19. The Kier molecular flexibility index (Phi) is 6.41. The maximum atomic E-state index is 12.5. The number of anilines is 1. The molecule has 0 spiro atoms. The largest absolute Gasteiger partial charge is 0.338 e. The zero-order valence-corrected chi connectivity index (χ0v) is 16.7. The molecule has 0 bridgehead atoms. The molecule has 0 radical (unpaired) electrons. The van der Waals surface area contributed by atoms with E-state index in [0.29, 0.717) is 11.4 Å². The number of benzene rings is 1. The fourth-order valence-electron chi connectivity index (χ4n) is 3.31. The van der Waals surface area contributed by atoms with Crippen LogP contribution >= 0.6 is 0 Å². The molecule has 7 nitrogen and oxygen atoms in total. The first-order chi connectivity index (χ1) is 13.0. The minimum absolute atomic E-state index is 0.365. The first-order valence-electron chi connectivity index (χ1n) is 9.27. The second-order valence-electron chi connectivity index (χ2n) is 6.90. The smallest absolute Gasteiger partial charge is 0.240 e. The van der Waals surface area contributed by atoms with Gasteiger partial charge in [-0.1, -0.05) is 17.7 Å². The van der Waals surface area contributed by atoms with E-state index in [9.17, 15) is 8.42 Å². The van der Waals surface area contributed by atoms with Crippen molar-refractivity contribution in [3.8, 4) is 0 Å². The average Bonchev–Trinajstić information content (AvgIpc) is 2.66. The summed E-state index contributed by atoms with van der Waals surface area (Å²) in [4.78, 5) is 13.5. The number of rotatable bonds is 7. The Hall–Kier alpha value is -2.03. The predicted octanol–water partition coefficient (Wildman–Crippen LogP) is 1.58. The van der Waals surface area contributed by atoms with Crippen LogP contribution in [-0.4, -0.2) is 62.6 Å². The Balaban J connectivity index is 1.42. The van der Waals surface area contributed by atoms with Crippen LogP contribution in [0.15, 0.2) is 41.6 Å². The normalized spacial score (nSPS) is 15.9. The average molecular weight is 390 g/mol. The van der Waals surface area contributed by atoms with Gasteiger partial charge in [0.1, 0.15) is 0 Å². The molecule has 27 heavy (non-hydrogen) atoms. The molecular formula is C19H27N5O2S. The fraction of sp³-hybridized carbons (Fsp3) is 0.474. The molecule has 0 unspecified atom stereocenters. The SMILES string of the molecule is Cc1ccc(S(=O)(=O)NCCCN2CCN(c3ncccn3)CC2)c(C)c1. The third kappa shape index (κ3) is 5.24. The summed E-state index contributed by atoms with van der Waals surface area (Å²) in [6.45, 7) is 8.75. The number of aromatic nitrogens is 2. The van der Waals surface area contributed by atoms with Crippen LogP contribution < -0.4 is 9.62 Å². The van der Waals surface area contributed by atoms with Gasteiger partial charge in [-0.2, -0.15) is 0 Å². The van der Waals surface area contributed by atoms with Crippen molar-refractivity contribution in [1.82, 2.24) is 19.6 Å². The highest BCUT2D eigenvalue weighted by atomic mass is 32.2. The lowest BCUT2D eigenvalue weighted by atomic mass is 10.2. The van der Waals surface area contributed by atoms with Crippen molar-refractivity contribution in [3.05, 3.63) is 47.8 Å². The Morgan fingerprint density at radius 1 is 1.07 bits per heavy atom. The summed E-state index contributed by atoms with van der Waals surface area (Å²) >= 11 is 0. The number of aryl methyl sites for hydroxylation is 2. The number of nitrogens with zero attached hydrogens (tertiary/aromatic N) is 4. The molecule has 1 aliphatic heterocycles. The zero-order chi connectivity index (χ0) is 19.3. The van der Waals surface area contributed by atoms with Gasteiger partial charge in [-0.25, -0.2) is 23.1 Å². The summed E-state index contributed by atoms with van der Waals surface area (Å²) < 4.78 is 27.7. The highest BCUT2D eigenvalue weighted by Crippen LogP contribution is 2.16. The highest BCUT2D eigenvalue weighted by molar-refractivity contribution is 7.89. The molecule has 1 fully saturated rings. The molecule has 1 aliphatic rings. The van der Waals surface area contributed by atoms with E-state index in [-0.39, 0.29) is 0 Å². The Labute approximate surface area is 161 Å². The maximum absolute atomic E-state index is 12.5. The van der Waals surface area contributed by atoms with E-state index < -0.39 is 10.0 Å². The molecule has 2 heterocycles. The lowest BCUT2D eigenvalue weighted by molar-refractivity contribution is 0.254. The minimum atomic E-state index is -3.45. The number of hydrogen-bond donors (Lipinski definition) is 1. The van der Waals surface area contributed by atoms with E-state index in [1.807, 2.05) is 32.0 Å². The van der Waals surface area contributed by atoms with Crippen molar-refractivity contribution < 1.29 is 8.42 Å². The summed E-state index contributed by atoms with van der Waals surface area (Å²) in [7, 11) is -3.45. The first-order valence-corrected chi connectivity index (χ1v) is 10.8. The number of hydrogen-bond acceptors (Lipinski definition) is 6. The van der Waals surface area contributed by atoms with E-state index in [2.05, 4.69) is 24.5 Å². The molecule has 1 saturated heterocycles. The molecule has 8 heteroatoms.